The molecule has 5 nitrogen and oxygen atoms in total. The van der Waals surface area contributed by atoms with Crippen molar-refractivity contribution in [1.82, 2.24) is 9.88 Å². The molecule has 2 heterocycles. The van der Waals surface area contributed by atoms with Crippen molar-refractivity contribution < 1.29 is 9.59 Å². The van der Waals surface area contributed by atoms with Gasteiger partial charge in [0.15, 0.2) is 0 Å². The van der Waals surface area contributed by atoms with Gasteiger partial charge in [-0.25, -0.2) is 0 Å². The van der Waals surface area contributed by atoms with Crippen molar-refractivity contribution in [2.24, 2.45) is 0 Å². The Kier molecular flexibility index (Phi) is 5.93. The number of nitrogens with zero attached hydrogens (tertiary/aromatic N) is 2. The average molecular weight is 381 g/mol. The zero-order valence-corrected chi connectivity index (χ0v) is 15.3. The minimum absolute atomic E-state index is 0.126. The number of nitrogens with one attached hydrogen (secondary N) is 1. The summed E-state index contributed by atoms with van der Waals surface area (Å²) >= 11 is 6.42. The fraction of sp³-hybridized carbons (Fsp3) is 0.0526. The number of carbonyl (C=O) groups is 2. The van der Waals surface area contributed by atoms with Gasteiger partial charge in [0.1, 0.15) is 10.9 Å². The molecular formula is C19H15N3O2S2. The molecule has 1 aliphatic heterocycles. The van der Waals surface area contributed by atoms with E-state index < -0.39 is 0 Å². The number of benzene rings is 1. The van der Waals surface area contributed by atoms with Crippen molar-refractivity contribution in [3.8, 4) is 0 Å². The molecule has 0 unspecified atom stereocenters. The molecule has 0 spiro atoms. The summed E-state index contributed by atoms with van der Waals surface area (Å²) in [6.45, 7) is -0.126. The maximum Gasteiger partial charge on any atom is 0.266 e. The molecule has 130 valence electrons. The number of thioether (sulfide) groups is 1. The SMILES string of the molecule is O=C(CN1C(=O)/C(=C\C=C\c2ccccc2)SC1=S)Nc1cccnc1. The normalized spacial score (nSPS) is 15.8. The van der Waals surface area contributed by atoms with Gasteiger partial charge in [0.2, 0.25) is 5.91 Å². The smallest absolute Gasteiger partial charge is 0.266 e. The molecule has 1 fully saturated rings. The topological polar surface area (TPSA) is 62.3 Å². The number of amides is 2. The molecule has 0 saturated carbocycles. The highest BCUT2D eigenvalue weighted by atomic mass is 32.2. The number of hydrogen-bond donors (Lipinski definition) is 1. The number of anilines is 1. The van der Waals surface area contributed by atoms with Gasteiger partial charge in [-0.2, -0.15) is 0 Å². The van der Waals surface area contributed by atoms with Gasteiger partial charge in [0.05, 0.1) is 16.8 Å². The van der Waals surface area contributed by atoms with Crippen molar-refractivity contribution in [2.75, 3.05) is 11.9 Å². The van der Waals surface area contributed by atoms with Crippen LogP contribution < -0.4 is 5.32 Å². The quantitative estimate of drug-likeness (QED) is 0.635. The van der Waals surface area contributed by atoms with Crippen LogP contribution in [0.1, 0.15) is 5.56 Å². The summed E-state index contributed by atoms with van der Waals surface area (Å²) < 4.78 is 0.371. The van der Waals surface area contributed by atoms with E-state index in [1.54, 1.807) is 30.5 Å². The minimum Gasteiger partial charge on any atom is -0.323 e. The molecule has 2 aromatic rings. The maximum atomic E-state index is 12.5. The molecule has 1 saturated heterocycles. The van der Waals surface area contributed by atoms with Gasteiger partial charge in [-0.3, -0.25) is 19.5 Å². The van der Waals surface area contributed by atoms with E-state index in [2.05, 4.69) is 10.3 Å². The molecule has 7 heteroatoms. The molecule has 1 aromatic heterocycles. The van der Waals surface area contributed by atoms with Gasteiger partial charge >= 0.3 is 0 Å². The third-order valence-corrected chi connectivity index (χ3v) is 4.85. The van der Waals surface area contributed by atoms with E-state index in [0.29, 0.717) is 14.9 Å². The van der Waals surface area contributed by atoms with Crippen LogP contribution in [-0.2, 0) is 9.59 Å². The number of thiocarbonyl (C=S) groups is 1. The second kappa shape index (κ2) is 8.55. The zero-order valence-electron chi connectivity index (χ0n) is 13.7. The molecule has 0 aliphatic carbocycles. The fourth-order valence-electron chi connectivity index (χ4n) is 2.24. The number of aromatic nitrogens is 1. The molecule has 1 N–H and O–H groups in total. The predicted octanol–water partition coefficient (Wildman–Crippen LogP) is 3.48. The Morgan fingerprint density at radius 2 is 2.04 bits per heavy atom. The van der Waals surface area contributed by atoms with E-state index in [-0.39, 0.29) is 18.4 Å². The molecule has 0 radical (unpaired) electrons. The van der Waals surface area contributed by atoms with Gasteiger partial charge < -0.3 is 5.32 Å². The molecule has 0 bridgehead atoms. The second-order valence-electron chi connectivity index (χ2n) is 5.35. The third kappa shape index (κ3) is 4.65. The van der Waals surface area contributed by atoms with E-state index >= 15 is 0 Å². The zero-order chi connectivity index (χ0) is 18.4. The van der Waals surface area contributed by atoms with Crippen LogP contribution in [0.25, 0.3) is 6.08 Å². The van der Waals surface area contributed by atoms with Crippen molar-refractivity contribution in [3.05, 3.63) is 77.5 Å². The van der Waals surface area contributed by atoms with Crippen molar-refractivity contribution in [2.45, 2.75) is 0 Å². The van der Waals surface area contributed by atoms with Crippen LogP contribution in [-0.4, -0.2) is 32.6 Å². The Morgan fingerprint density at radius 1 is 1.23 bits per heavy atom. The van der Waals surface area contributed by atoms with Gasteiger partial charge in [-0.15, -0.1) is 0 Å². The number of carbonyl (C=O) groups excluding carboxylic acids is 2. The van der Waals surface area contributed by atoms with Gasteiger partial charge in [0, 0.05) is 6.20 Å². The summed E-state index contributed by atoms with van der Waals surface area (Å²) in [7, 11) is 0. The van der Waals surface area contributed by atoms with E-state index in [1.807, 2.05) is 36.4 Å². The standard InChI is InChI=1S/C19H15N3O2S2/c23-17(21-15-9-5-11-20-12-15)13-22-18(24)16(26-19(22)25)10-4-8-14-6-2-1-3-7-14/h1-12H,13H2,(H,21,23)/b8-4+,16-10+. The number of allylic oxidation sites excluding steroid dienone is 2. The van der Waals surface area contributed by atoms with Crippen molar-refractivity contribution in [1.29, 1.82) is 0 Å². The lowest BCUT2D eigenvalue weighted by Gasteiger charge is -2.13. The van der Waals surface area contributed by atoms with Crippen LogP contribution in [0.3, 0.4) is 0 Å². The maximum absolute atomic E-state index is 12.5. The lowest BCUT2D eigenvalue weighted by atomic mass is 10.2. The molecule has 1 aromatic carbocycles. The predicted molar refractivity (Wildman–Crippen MR) is 108 cm³/mol. The van der Waals surface area contributed by atoms with Crippen LogP contribution >= 0.6 is 24.0 Å². The summed E-state index contributed by atoms with van der Waals surface area (Å²) in [5, 5.41) is 2.69. The first-order valence-electron chi connectivity index (χ1n) is 7.80. The Balaban J connectivity index is 1.62. The van der Waals surface area contributed by atoms with Gasteiger partial charge in [-0.1, -0.05) is 66.5 Å². The lowest BCUT2D eigenvalue weighted by Crippen LogP contribution is -2.36. The van der Waals surface area contributed by atoms with E-state index in [1.165, 1.54) is 22.9 Å². The summed E-state index contributed by atoms with van der Waals surface area (Å²) in [6.07, 6.45) is 8.58. The highest BCUT2D eigenvalue weighted by Gasteiger charge is 2.32. The van der Waals surface area contributed by atoms with Gasteiger partial charge in [-0.05, 0) is 23.8 Å². The monoisotopic (exact) mass is 381 g/mol. The minimum atomic E-state index is -0.324. The van der Waals surface area contributed by atoms with Crippen LogP contribution in [0.2, 0.25) is 0 Å². The van der Waals surface area contributed by atoms with Crippen LogP contribution in [0.15, 0.2) is 71.9 Å². The molecule has 26 heavy (non-hydrogen) atoms. The van der Waals surface area contributed by atoms with Crippen LogP contribution in [0.5, 0.6) is 0 Å². The molecule has 3 rings (SSSR count). The fourth-order valence-corrected chi connectivity index (χ4v) is 3.45. The summed E-state index contributed by atoms with van der Waals surface area (Å²) in [5.41, 5.74) is 1.61. The second-order valence-corrected chi connectivity index (χ2v) is 7.03. The van der Waals surface area contributed by atoms with E-state index in [0.717, 1.165) is 5.56 Å². The number of hydrogen-bond acceptors (Lipinski definition) is 5. The first-order chi connectivity index (χ1) is 12.6. The lowest BCUT2D eigenvalue weighted by molar-refractivity contribution is -0.126. The molecular weight excluding hydrogens is 366 g/mol. The average Bonchev–Trinajstić information content (AvgIpc) is 2.91. The third-order valence-electron chi connectivity index (χ3n) is 3.46. The highest BCUT2D eigenvalue weighted by molar-refractivity contribution is 8.26. The molecule has 2 amide bonds. The van der Waals surface area contributed by atoms with Gasteiger partial charge in [0.25, 0.3) is 5.91 Å². The van der Waals surface area contributed by atoms with Crippen molar-refractivity contribution in [3.63, 3.8) is 0 Å². The van der Waals surface area contributed by atoms with E-state index in [9.17, 15) is 9.59 Å². The largest absolute Gasteiger partial charge is 0.323 e. The molecule has 1 aliphatic rings. The van der Waals surface area contributed by atoms with Crippen LogP contribution in [0, 0.1) is 0 Å². The van der Waals surface area contributed by atoms with Crippen molar-refractivity contribution >= 4 is 51.9 Å². The first-order valence-corrected chi connectivity index (χ1v) is 9.03. The highest BCUT2D eigenvalue weighted by Crippen LogP contribution is 2.30. The number of pyridine rings is 1. The molecule has 0 atom stereocenters. The Bertz CT molecular complexity index is 880. The number of rotatable bonds is 5. The Labute approximate surface area is 160 Å². The Hall–Kier alpha value is -2.77. The summed E-state index contributed by atoms with van der Waals surface area (Å²) in [5.74, 6) is -0.588. The van der Waals surface area contributed by atoms with Crippen LogP contribution in [0.4, 0.5) is 5.69 Å². The van der Waals surface area contributed by atoms with E-state index in [4.69, 9.17) is 12.2 Å². The first kappa shape index (κ1) is 18.0. The summed E-state index contributed by atoms with van der Waals surface area (Å²) in [6, 6.07) is 13.2. The Morgan fingerprint density at radius 3 is 2.77 bits per heavy atom. The summed E-state index contributed by atoms with van der Waals surface area (Å²) in [4.78, 5) is 30.3.